The third kappa shape index (κ3) is 3.97. The first-order valence-corrected chi connectivity index (χ1v) is 7.63. The SMILES string of the molecule is NNC(CCCC1CCCO1)c1c(F)cc(Br)cc1F. The van der Waals surface area contributed by atoms with Crippen molar-refractivity contribution in [2.45, 2.75) is 44.2 Å². The van der Waals surface area contributed by atoms with Crippen LogP contribution in [0.4, 0.5) is 8.78 Å². The van der Waals surface area contributed by atoms with Gasteiger partial charge in [0.25, 0.3) is 0 Å². The van der Waals surface area contributed by atoms with Crippen molar-refractivity contribution in [3.63, 3.8) is 0 Å². The van der Waals surface area contributed by atoms with Gasteiger partial charge in [-0.15, -0.1) is 0 Å². The minimum Gasteiger partial charge on any atom is -0.378 e. The molecule has 0 radical (unpaired) electrons. The molecule has 20 heavy (non-hydrogen) atoms. The first-order chi connectivity index (χ1) is 9.61. The molecule has 2 rings (SSSR count). The Labute approximate surface area is 126 Å². The molecule has 0 bridgehead atoms. The largest absolute Gasteiger partial charge is 0.378 e. The quantitative estimate of drug-likeness (QED) is 0.610. The molecule has 2 unspecified atom stereocenters. The van der Waals surface area contributed by atoms with Crippen molar-refractivity contribution in [2.24, 2.45) is 5.84 Å². The molecule has 1 heterocycles. The molecule has 112 valence electrons. The van der Waals surface area contributed by atoms with Crippen LogP contribution in [0.25, 0.3) is 0 Å². The first-order valence-electron chi connectivity index (χ1n) is 6.84. The Balaban J connectivity index is 1.97. The summed E-state index contributed by atoms with van der Waals surface area (Å²) in [5.41, 5.74) is 2.51. The van der Waals surface area contributed by atoms with E-state index in [-0.39, 0.29) is 11.7 Å². The number of benzene rings is 1. The zero-order valence-electron chi connectivity index (χ0n) is 11.2. The number of rotatable bonds is 6. The van der Waals surface area contributed by atoms with Gasteiger partial charge in [-0.05, 0) is 44.2 Å². The molecule has 1 aliphatic heterocycles. The van der Waals surface area contributed by atoms with Crippen molar-refractivity contribution in [1.29, 1.82) is 0 Å². The van der Waals surface area contributed by atoms with E-state index < -0.39 is 17.7 Å². The van der Waals surface area contributed by atoms with Gasteiger partial charge in [0.1, 0.15) is 11.6 Å². The monoisotopic (exact) mass is 348 g/mol. The van der Waals surface area contributed by atoms with Crippen LogP contribution >= 0.6 is 15.9 Å². The maximum atomic E-state index is 13.9. The molecule has 0 saturated carbocycles. The van der Waals surface area contributed by atoms with Crippen molar-refractivity contribution in [3.05, 3.63) is 33.8 Å². The second kappa shape index (κ2) is 7.45. The zero-order valence-corrected chi connectivity index (χ0v) is 12.8. The number of hydrazine groups is 1. The van der Waals surface area contributed by atoms with Crippen molar-refractivity contribution in [1.82, 2.24) is 5.43 Å². The average molecular weight is 349 g/mol. The van der Waals surface area contributed by atoms with Gasteiger partial charge < -0.3 is 4.74 Å². The lowest BCUT2D eigenvalue weighted by Gasteiger charge is -2.19. The van der Waals surface area contributed by atoms with E-state index >= 15 is 0 Å². The molecule has 0 spiro atoms. The Hall–Kier alpha value is -0.560. The van der Waals surface area contributed by atoms with Gasteiger partial charge in [-0.3, -0.25) is 11.3 Å². The Morgan fingerprint density at radius 1 is 1.40 bits per heavy atom. The van der Waals surface area contributed by atoms with Crippen LogP contribution in [0.1, 0.15) is 43.7 Å². The highest BCUT2D eigenvalue weighted by Gasteiger charge is 2.21. The molecule has 1 aromatic carbocycles. The fourth-order valence-electron chi connectivity index (χ4n) is 2.62. The molecular weight excluding hydrogens is 330 g/mol. The van der Waals surface area contributed by atoms with Crippen LogP contribution < -0.4 is 11.3 Å². The molecule has 1 aliphatic rings. The molecule has 0 amide bonds. The Bertz CT molecular complexity index is 430. The van der Waals surface area contributed by atoms with Crippen LogP contribution in [0, 0.1) is 11.6 Å². The number of halogens is 3. The molecular formula is C14H19BrF2N2O. The van der Waals surface area contributed by atoms with Crippen LogP contribution in [-0.2, 0) is 4.74 Å². The maximum absolute atomic E-state index is 13.9. The Morgan fingerprint density at radius 2 is 2.10 bits per heavy atom. The predicted molar refractivity (Wildman–Crippen MR) is 76.9 cm³/mol. The predicted octanol–water partition coefficient (Wildman–Crippen LogP) is 3.58. The van der Waals surface area contributed by atoms with Gasteiger partial charge in [0.15, 0.2) is 0 Å². The lowest BCUT2D eigenvalue weighted by Crippen LogP contribution is -2.29. The van der Waals surface area contributed by atoms with Gasteiger partial charge in [0.2, 0.25) is 0 Å². The second-order valence-electron chi connectivity index (χ2n) is 5.07. The van der Waals surface area contributed by atoms with Gasteiger partial charge in [-0.1, -0.05) is 15.9 Å². The zero-order chi connectivity index (χ0) is 14.5. The molecule has 0 aliphatic carbocycles. The van der Waals surface area contributed by atoms with E-state index in [2.05, 4.69) is 21.4 Å². The molecule has 1 aromatic rings. The van der Waals surface area contributed by atoms with Crippen molar-refractivity contribution >= 4 is 15.9 Å². The summed E-state index contributed by atoms with van der Waals surface area (Å²) in [7, 11) is 0. The number of ether oxygens (including phenoxy) is 1. The van der Waals surface area contributed by atoms with Crippen molar-refractivity contribution < 1.29 is 13.5 Å². The van der Waals surface area contributed by atoms with Crippen LogP contribution in [0.5, 0.6) is 0 Å². The summed E-state index contributed by atoms with van der Waals surface area (Å²) < 4.78 is 33.7. The van der Waals surface area contributed by atoms with Gasteiger partial charge in [0.05, 0.1) is 12.1 Å². The molecule has 2 atom stereocenters. The molecule has 0 aromatic heterocycles. The first kappa shape index (κ1) is 15.8. The standard InChI is InChI=1S/C14H19BrF2N2O/c15-9-7-11(16)14(12(17)8-9)13(19-18)5-1-3-10-4-2-6-20-10/h7-8,10,13,19H,1-6,18H2. The van der Waals surface area contributed by atoms with E-state index in [0.29, 0.717) is 10.9 Å². The average Bonchev–Trinajstić information content (AvgIpc) is 2.88. The number of hydrogen-bond donors (Lipinski definition) is 2. The highest BCUT2D eigenvalue weighted by Crippen LogP contribution is 2.28. The lowest BCUT2D eigenvalue weighted by molar-refractivity contribution is 0.101. The summed E-state index contributed by atoms with van der Waals surface area (Å²) in [6, 6.07) is 1.98. The summed E-state index contributed by atoms with van der Waals surface area (Å²) in [5, 5.41) is 0. The van der Waals surface area contributed by atoms with E-state index in [0.717, 1.165) is 32.3 Å². The summed E-state index contributed by atoms with van der Waals surface area (Å²) in [6.07, 6.45) is 4.74. The van der Waals surface area contributed by atoms with E-state index in [4.69, 9.17) is 10.6 Å². The second-order valence-corrected chi connectivity index (χ2v) is 5.98. The molecule has 1 fully saturated rings. The highest BCUT2D eigenvalue weighted by atomic mass is 79.9. The fourth-order valence-corrected chi connectivity index (χ4v) is 3.02. The van der Waals surface area contributed by atoms with Crippen LogP contribution in [0.2, 0.25) is 0 Å². The lowest BCUT2D eigenvalue weighted by atomic mass is 9.99. The molecule has 1 saturated heterocycles. The third-order valence-electron chi connectivity index (χ3n) is 3.64. The number of hydrogen-bond acceptors (Lipinski definition) is 3. The molecule has 3 nitrogen and oxygen atoms in total. The topological polar surface area (TPSA) is 47.3 Å². The van der Waals surface area contributed by atoms with Gasteiger partial charge >= 0.3 is 0 Å². The van der Waals surface area contributed by atoms with E-state index in [1.807, 2.05) is 0 Å². The smallest absolute Gasteiger partial charge is 0.132 e. The summed E-state index contributed by atoms with van der Waals surface area (Å²) in [4.78, 5) is 0. The van der Waals surface area contributed by atoms with Crippen LogP contribution in [-0.4, -0.2) is 12.7 Å². The minimum atomic E-state index is -0.586. The van der Waals surface area contributed by atoms with Crippen molar-refractivity contribution in [2.75, 3.05) is 6.61 Å². The maximum Gasteiger partial charge on any atom is 0.132 e. The van der Waals surface area contributed by atoms with Gasteiger partial charge in [0, 0.05) is 16.6 Å². The molecule has 3 N–H and O–H groups in total. The van der Waals surface area contributed by atoms with Crippen molar-refractivity contribution in [3.8, 4) is 0 Å². The summed E-state index contributed by atoms with van der Waals surface area (Å²) in [5.74, 6) is 4.28. The minimum absolute atomic E-state index is 0.00282. The third-order valence-corrected chi connectivity index (χ3v) is 4.09. The number of nitrogens with one attached hydrogen (secondary N) is 1. The number of nitrogens with two attached hydrogens (primary N) is 1. The van der Waals surface area contributed by atoms with E-state index in [9.17, 15) is 8.78 Å². The molecule has 6 heteroatoms. The van der Waals surface area contributed by atoms with Gasteiger partial charge in [-0.2, -0.15) is 0 Å². The van der Waals surface area contributed by atoms with Gasteiger partial charge in [-0.25, -0.2) is 8.78 Å². The normalized spacial score (nSPS) is 20.3. The Kier molecular flexibility index (Phi) is 5.89. The fraction of sp³-hybridized carbons (Fsp3) is 0.571. The summed E-state index contributed by atoms with van der Waals surface area (Å²) >= 11 is 3.07. The van der Waals surface area contributed by atoms with Crippen LogP contribution in [0.15, 0.2) is 16.6 Å². The highest BCUT2D eigenvalue weighted by molar-refractivity contribution is 9.10. The van der Waals surface area contributed by atoms with E-state index in [1.165, 1.54) is 12.1 Å². The summed E-state index contributed by atoms with van der Waals surface area (Å²) in [6.45, 7) is 0.819. The van der Waals surface area contributed by atoms with Crippen LogP contribution in [0.3, 0.4) is 0 Å². The van der Waals surface area contributed by atoms with E-state index in [1.54, 1.807) is 0 Å². The Morgan fingerprint density at radius 3 is 2.65 bits per heavy atom.